The zero-order chi connectivity index (χ0) is 22.2. The molecule has 0 amide bonds. The fourth-order valence-electron chi connectivity index (χ4n) is 10.3. The molecule has 4 aliphatic carbocycles. The van der Waals surface area contributed by atoms with Crippen molar-refractivity contribution in [3.8, 4) is 0 Å². The molecular formula is C29H50O2. The third kappa shape index (κ3) is 3.23. The maximum atomic E-state index is 10.4. The molecule has 0 aromatic rings. The van der Waals surface area contributed by atoms with Crippen LogP contribution in [0.3, 0.4) is 0 Å². The molecule has 178 valence electrons. The van der Waals surface area contributed by atoms with E-state index in [1.54, 1.807) is 0 Å². The van der Waals surface area contributed by atoms with Crippen LogP contribution in [0.1, 0.15) is 112 Å². The van der Waals surface area contributed by atoms with E-state index in [0.29, 0.717) is 16.9 Å². The van der Waals surface area contributed by atoms with Gasteiger partial charge in [0.1, 0.15) is 5.60 Å². The van der Waals surface area contributed by atoms with E-state index in [1.165, 1.54) is 57.8 Å². The van der Waals surface area contributed by atoms with Gasteiger partial charge in [-0.15, -0.1) is 0 Å². The van der Waals surface area contributed by atoms with Gasteiger partial charge < -0.3 is 9.84 Å². The summed E-state index contributed by atoms with van der Waals surface area (Å²) in [6.45, 7) is 15.1. The van der Waals surface area contributed by atoms with Crippen molar-refractivity contribution in [2.45, 2.75) is 130 Å². The van der Waals surface area contributed by atoms with Gasteiger partial charge in [0, 0.05) is 11.8 Å². The van der Waals surface area contributed by atoms with Crippen LogP contribution in [-0.4, -0.2) is 22.9 Å². The third-order valence-electron chi connectivity index (χ3n) is 12.3. The Kier molecular flexibility index (Phi) is 5.66. The molecule has 0 aromatic heterocycles. The topological polar surface area (TPSA) is 32.8 Å². The van der Waals surface area contributed by atoms with Crippen LogP contribution in [0.2, 0.25) is 0 Å². The molecule has 4 saturated carbocycles. The summed E-state index contributed by atoms with van der Waals surface area (Å²) in [6.07, 6.45) is 14.7. The standard InChI is InChI=1S/C29H50O2/c1-7-20(18(2)3)9-8-19(4)23-10-11-24-22-16-26-29(31-26)17-21(30)12-15-28(29,6)25(22)13-14-27(23,24)5/h18-26,30H,7-17H2,1-6H3/t19-,20-,21+,22+,23-,24+,25+,26+,27-,28-,29?/m1/s1. The number of rotatable bonds is 6. The SMILES string of the molecule is CC[C@H](CC[C@@H](C)[C@H]1CC[C@H]2[C@@H]3C[C@@H]4OC45C[C@@H](O)CC[C@]5(C)[C@H]3CC[C@]12C)C(C)C. The van der Waals surface area contributed by atoms with E-state index >= 15 is 0 Å². The quantitative estimate of drug-likeness (QED) is 0.451. The van der Waals surface area contributed by atoms with Crippen LogP contribution in [0.15, 0.2) is 0 Å². The monoisotopic (exact) mass is 430 g/mol. The molecule has 2 nitrogen and oxygen atoms in total. The summed E-state index contributed by atoms with van der Waals surface area (Å²) < 4.78 is 6.53. The Labute approximate surface area is 192 Å². The van der Waals surface area contributed by atoms with Gasteiger partial charge in [-0.1, -0.05) is 54.4 Å². The second kappa shape index (κ2) is 7.72. The summed E-state index contributed by atoms with van der Waals surface area (Å²) >= 11 is 0. The summed E-state index contributed by atoms with van der Waals surface area (Å²) in [4.78, 5) is 0. The first-order valence-electron chi connectivity index (χ1n) is 14.0. The van der Waals surface area contributed by atoms with E-state index in [4.69, 9.17) is 4.74 Å². The highest BCUT2D eigenvalue weighted by atomic mass is 16.6. The summed E-state index contributed by atoms with van der Waals surface area (Å²) in [5.41, 5.74) is 0.910. The normalized spacial score (nSPS) is 52.6. The van der Waals surface area contributed by atoms with Gasteiger partial charge in [0.15, 0.2) is 0 Å². The van der Waals surface area contributed by atoms with Crippen molar-refractivity contribution in [2.75, 3.05) is 0 Å². The maximum absolute atomic E-state index is 10.4. The first-order chi connectivity index (χ1) is 14.7. The lowest BCUT2D eigenvalue weighted by Crippen LogP contribution is -2.58. The fraction of sp³-hybridized carbons (Fsp3) is 1.00. The van der Waals surface area contributed by atoms with Crippen molar-refractivity contribution < 1.29 is 9.84 Å². The summed E-state index contributed by atoms with van der Waals surface area (Å²) in [5, 5.41) is 10.4. The van der Waals surface area contributed by atoms with Crippen molar-refractivity contribution >= 4 is 0 Å². The van der Waals surface area contributed by atoms with Crippen LogP contribution < -0.4 is 0 Å². The number of hydrogen-bond acceptors (Lipinski definition) is 2. The molecule has 1 unspecified atom stereocenters. The van der Waals surface area contributed by atoms with Crippen molar-refractivity contribution in [1.82, 2.24) is 0 Å². The van der Waals surface area contributed by atoms with Gasteiger partial charge in [-0.25, -0.2) is 0 Å². The maximum Gasteiger partial charge on any atom is 0.103 e. The Balaban J connectivity index is 1.31. The Morgan fingerprint density at radius 1 is 0.968 bits per heavy atom. The Hall–Kier alpha value is -0.0800. The van der Waals surface area contributed by atoms with Gasteiger partial charge >= 0.3 is 0 Å². The fourth-order valence-corrected chi connectivity index (χ4v) is 10.3. The van der Waals surface area contributed by atoms with Gasteiger partial charge in [0.2, 0.25) is 0 Å². The number of aliphatic hydroxyl groups excluding tert-OH is 1. The molecule has 5 rings (SSSR count). The van der Waals surface area contributed by atoms with Crippen molar-refractivity contribution in [2.24, 2.45) is 52.3 Å². The predicted octanol–water partition coefficient (Wildman–Crippen LogP) is 7.24. The van der Waals surface area contributed by atoms with Crippen LogP contribution >= 0.6 is 0 Å². The zero-order valence-electron chi connectivity index (χ0n) is 21.3. The Bertz CT molecular complexity index is 674. The van der Waals surface area contributed by atoms with Crippen LogP contribution in [0.5, 0.6) is 0 Å². The lowest BCUT2D eigenvalue weighted by atomic mass is 9.44. The van der Waals surface area contributed by atoms with E-state index in [2.05, 4.69) is 41.5 Å². The van der Waals surface area contributed by atoms with E-state index in [1.807, 2.05) is 0 Å². The average molecular weight is 431 g/mol. The molecule has 2 heteroatoms. The first kappa shape index (κ1) is 22.7. The minimum Gasteiger partial charge on any atom is -0.393 e. The van der Waals surface area contributed by atoms with Gasteiger partial charge in [0.25, 0.3) is 0 Å². The zero-order valence-corrected chi connectivity index (χ0v) is 21.3. The van der Waals surface area contributed by atoms with Crippen molar-refractivity contribution in [3.05, 3.63) is 0 Å². The van der Waals surface area contributed by atoms with E-state index < -0.39 is 0 Å². The second-order valence-electron chi connectivity index (χ2n) is 13.6. The smallest absolute Gasteiger partial charge is 0.103 e. The molecule has 1 spiro atoms. The number of ether oxygens (including phenoxy) is 1. The largest absolute Gasteiger partial charge is 0.393 e. The predicted molar refractivity (Wildman–Crippen MR) is 128 cm³/mol. The summed E-state index contributed by atoms with van der Waals surface area (Å²) in [5.74, 6) is 6.15. The Morgan fingerprint density at radius 2 is 1.74 bits per heavy atom. The minimum atomic E-state index is -0.127. The Morgan fingerprint density at radius 3 is 2.45 bits per heavy atom. The summed E-state index contributed by atoms with van der Waals surface area (Å²) in [6, 6.07) is 0. The van der Waals surface area contributed by atoms with Crippen LogP contribution in [-0.2, 0) is 4.74 Å². The number of fused-ring (bicyclic) bond motifs is 4. The number of aliphatic hydroxyl groups is 1. The highest BCUT2D eigenvalue weighted by Gasteiger charge is 2.76. The average Bonchev–Trinajstić information content (AvgIpc) is 3.29. The lowest BCUT2D eigenvalue weighted by molar-refractivity contribution is -0.116. The minimum absolute atomic E-state index is 0.0386. The summed E-state index contributed by atoms with van der Waals surface area (Å²) in [7, 11) is 0. The second-order valence-corrected chi connectivity index (χ2v) is 13.6. The molecule has 0 aromatic carbocycles. The van der Waals surface area contributed by atoms with E-state index in [0.717, 1.165) is 54.3 Å². The third-order valence-corrected chi connectivity index (χ3v) is 12.3. The molecule has 0 radical (unpaired) electrons. The van der Waals surface area contributed by atoms with Gasteiger partial charge in [-0.05, 0) is 98.2 Å². The van der Waals surface area contributed by atoms with E-state index in [-0.39, 0.29) is 11.7 Å². The number of epoxide rings is 1. The van der Waals surface area contributed by atoms with Gasteiger partial charge in [-0.2, -0.15) is 0 Å². The number of hydrogen-bond donors (Lipinski definition) is 1. The highest BCUT2D eigenvalue weighted by molar-refractivity contribution is 5.24. The molecule has 1 N–H and O–H groups in total. The molecule has 11 atom stereocenters. The highest BCUT2D eigenvalue weighted by Crippen LogP contribution is 2.74. The van der Waals surface area contributed by atoms with Crippen LogP contribution in [0.4, 0.5) is 0 Å². The lowest BCUT2D eigenvalue weighted by Gasteiger charge is -2.59. The van der Waals surface area contributed by atoms with Gasteiger partial charge in [0.05, 0.1) is 12.2 Å². The van der Waals surface area contributed by atoms with E-state index in [9.17, 15) is 5.11 Å². The molecule has 1 heterocycles. The first-order valence-corrected chi connectivity index (χ1v) is 14.0. The molecular weight excluding hydrogens is 380 g/mol. The molecule has 31 heavy (non-hydrogen) atoms. The molecule has 1 aliphatic heterocycles. The van der Waals surface area contributed by atoms with Crippen molar-refractivity contribution in [3.63, 3.8) is 0 Å². The van der Waals surface area contributed by atoms with Crippen LogP contribution in [0.25, 0.3) is 0 Å². The van der Waals surface area contributed by atoms with Gasteiger partial charge in [-0.3, -0.25) is 0 Å². The molecule has 1 saturated heterocycles. The van der Waals surface area contributed by atoms with Crippen LogP contribution in [0, 0.1) is 52.3 Å². The van der Waals surface area contributed by atoms with Crippen molar-refractivity contribution in [1.29, 1.82) is 0 Å². The molecule has 5 fully saturated rings. The molecule has 0 bridgehead atoms. The molecule has 5 aliphatic rings.